The topological polar surface area (TPSA) is 68.8 Å². The first-order chi connectivity index (χ1) is 8.66. The molecule has 0 bridgehead atoms. The minimum atomic E-state index is -0.0969. The molecule has 0 saturated carbocycles. The summed E-state index contributed by atoms with van der Waals surface area (Å²) in [6.07, 6.45) is 0. The number of likely N-dealkylation sites (N-methyl/N-ethyl adjacent to an activating group) is 1. The van der Waals surface area contributed by atoms with Crippen LogP contribution in [0.5, 0.6) is 0 Å². The molecule has 0 aliphatic rings. The number of nitrogens with one attached hydrogen (secondary N) is 2. The third kappa shape index (κ3) is 13.4. The normalized spacial score (nSPS) is 10.9. The summed E-state index contributed by atoms with van der Waals surface area (Å²) in [5.74, 6) is -0.0969. The molecular formula is C12H30N2O4. The van der Waals surface area contributed by atoms with Crippen LogP contribution in [-0.2, 0) is 19.0 Å². The predicted molar refractivity (Wildman–Crippen MR) is 73.9 cm³/mol. The Morgan fingerprint density at radius 3 is 2.17 bits per heavy atom. The highest BCUT2D eigenvalue weighted by Gasteiger charge is 2.02. The van der Waals surface area contributed by atoms with Gasteiger partial charge in [-0.05, 0) is 20.9 Å². The summed E-state index contributed by atoms with van der Waals surface area (Å²) < 4.78 is 15.7. The van der Waals surface area contributed by atoms with Gasteiger partial charge in [0.05, 0.1) is 33.0 Å². The Bertz CT molecular complexity index is 210. The number of carbonyl (C=O) groups is 1. The summed E-state index contributed by atoms with van der Waals surface area (Å²) in [7, 11) is 1.88. The van der Waals surface area contributed by atoms with Crippen molar-refractivity contribution in [3.63, 3.8) is 0 Å². The van der Waals surface area contributed by atoms with E-state index in [0.717, 1.165) is 6.54 Å². The Balaban J connectivity index is -0.00000144. The molecule has 0 aliphatic carbocycles. The average Bonchev–Trinajstić information content (AvgIpc) is 2.30. The third-order valence-corrected chi connectivity index (χ3v) is 1.92. The molecule has 0 fully saturated rings. The first-order valence-electron chi connectivity index (χ1n) is 6.34. The van der Waals surface area contributed by atoms with Crippen molar-refractivity contribution in [2.75, 3.05) is 53.2 Å². The molecule has 0 radical (unpaired) electrons. The molecule has 18 heavy (non-hydrogen) atoms. The fraction of sp³-hybridized carbons (Fsp3) is 0.917. The van der Waals surface area contributed by atoms with Crippen LogP contribution in [0.4, 0.5) is 0 Å². The lowest BCUT2D eigenvalue weighted by Gasteiger charge is -2.09. The summed E-state index contributed by atoms with van der Waals surface area (Å²) in [6.45, 7) is 7.46. The molecule has 0 saturated heterocycles. The molecule has 6 heteroatoms. The van der Waals surface area contributed by atoms with E-state index in [1.54, 1.807) is 0 Å². The van der Waals surface area contributed by atoms with Crippen molar-refractivity contribution in [2.24, 2.45) is 0 Å². The smallest absolute Gasteiger partial charge is 0.246 e. The molecule has 0 aromatic heterocycles. The maximum Gasteiger partial charge on any atom is 0.246 e. The van der Waals surface area contributed by atoms with Gasteiger partial charge in [-0.3, -0.25) is 4.79 Å². The predicted octanol–water partition coefficient (Wildman–Crippen LogP) is 0.272. The fourth-order valence-electron chi connectivity index (χ4n) is 1.14. The minimum absolute atomic E-state index is 0. The standard InChI is InChI=1S/C12H26N2O4.2H2/c1-11(2)14-12(15)10-18-9-8-17-7-6-16-5-4-13-3;;/h11,13H,4-10H2,1-3H3,(H,14,15);2*1H. The first-order valence-corrected chi connectivity index (χ1v) is 6.34. The van der Waals surface area contributed by atoms with Crippen molar-refractivity contribution < 1.29 is 21.9 Å². The van der Waals surface area contributed by atoms with Gasteiger partial charge in [-0.1, -0.05) is 0 Å². The summed E-state index contributed by atoms with van der Waals surface area (Å²) in [5, 5.41) is 5.73. The molecular weight excluding hydrogens is 236 g/mol. The number of carbonyl (C=O) groups excluding carboxylic acids is 1. The molecule has 0 aromatic rings. The van der Waals surface area contributed by atoms with Crippen molar-refractivity contribution in [1.82, 2.24) is 10.6 Å². The molecule has 0 heterocycles. The minimum Gasteiger partial charge on any atom is -0.378 e. The molecule has 0 atom stereocenters. The van der Waals surface area contributed by atoms with E-state index in [0.29, 0.717) is 33.0 Å². The van der Waals surface area contributed by atoms with Crippen LogP contribution in [-0.4, -0.2) is 65.2 Å². The lowest BCUT2D eigenvalue weighted by molar-refractivity contribution is -0.126. The maximum atomic E-state index is 11.2. The SMILES string of the molecule is CNCCOCCOCCOCC(=O)NC(C)C.[HH].[HH]. The van der Waals surface area contributed by atoms with Crippen LogP contribution in [0.2, 0.25) is 0 Å². The highest BCUT2D eigenvalue weighted by Crippen LogP contribution is 1.83. The Hall–Kier alpha value is -0.690. The Morgan fingerprint density at radius 1 is 1.06 bits per heavy atom. The van der Waals surface area contributed by atoms with Gasteiger partial charge in [0.1, 0.15) is 6.61 Å². The van der Waals surface area contributed by atoms with Gasteiger partial charge in [-0.25, -0.2) is 0 Å². The highest BCUT2D eigenvalue weighted by molar-refractivity contribution is 5.77. The number of ether oxygens (including phenoxy) is 3. The van der Waals surface area contributed by atoms with Crippen molar-refractivity contribution in [3.05, 3.63) is 0 Å². The van der Waals surface area contributed by atoms with Gasteiger partial charge in [0, 0.05) is 15.4 Å². The second-order valence-electron chi connectivity index (χ2n) is 4.10. The van der Waals surface area contributed by atoms with Crippen molar-refractivity contribution >= 4 is 5.91 Å². The Morgan fingerprint density at radius 2 is 1.61 bits per heavy atom. The van der Waals surface area contributed by atoms with E-state index in [9.17, 15) is 4.79 Å². The van der Waals surface area contributed by atoms with Crippen molar-refractivity contribution in [1.29, 1.82) is 0 Å². The van der Waals surface area contributed by atoms with E-state index < -0.39 is 0 Å². The lowest BCUT2D eigenvalue weighted by atomic mass is 10.4. The summed E-state index contributed by atoms with van der Waals surface area (Å²) >= 11 is 0. The van der Waals surface area contributed by atoms with Crippen LogP contribution in [0, 0.1) is 0 Å². The quantitative estimate of drug-likeness (QED) is 0.496. The van der Waals surface area contributed by atoms with Crippen LogP contribution >= 0.6 is 0 Å². The molecule has 0 aliphatic heterocycles. The van der Waals surface area contributed by atoms with Gasteiger partial charge < -0.3 is 24.8 Å². The monoisotopic (exact) mass is 266 g/mol. The van der Waals surface area contributed by atoms with Gasteiger partial charge in [-0.2, -0.15) is 0 Å². The van der Waals surface area contributed by atoms with Gasteiger partial charge >= 0.3 is 0 Å². The van der Waals surface area contributed by atoms with Crippen LogP contribution in [0.15, 0.2) is 0 Å². The zero-order chi connectivity index (χ0) is 13.6. The fourth-order valence-corrected chi connectivity index (χ4v) is 1.14. The average molecular weight is 266 g/mol. The highest BCUT2D eigenvalue weighted by atomic mass is 16.5. The van der Waals surface area contributed by atoms with Crippen LogP contribution in [0.25, 0.3) is 0 Å². The molecule has 112 valence electrons. The molecule has 6 nitrogen and oxygen atoms in total. The third-order valence-electron chi connectivity index (χ3n) is 1.92. The largest absolute Gasteiger partial charge is 0.378 e. The maximum absolute atomic E-state index is 11.2. The van der Waals surface area contributed by atoms with Gasteiger partial charge in [-0.15, -0.1) is 0 Å². The summed E-state index contributed by atoms with van der Waals surface area (Å²) in [4.78, 5) is 11.2. The molecule has 1 amide bonds. The molecule has 0 spiro atoms. The van der Waals surface area contributed by atoms with Crippen LogP contribution < -0.4 is 10.6 Å². The number of hydrogen-bond acceptors (Lipinski definition) is 5. The van der Waals surface area contributed by atoms with Crippen molar-refractivity contribution in [2.45, 2.75) is 19.9 Å². The van der Waals surface area contributed by atoms with E-state index in [2.05, 4.69) is 10.6 Å². The van der Waals surface area contributed by atoms with Crippen molar-refractivity contribution in [3.8, 4) is 0 Å². The zero-order valence-electron chi connectivity index (χ0n) is 11.7. The second-order valence-corrected chi connectivity index (χ2v) is 4.10. The Labute approximate surface area is 112 Å². The number of amides is 1. The lowest BCUT2D eigenvalue weighted by Crippen LogP contribution is -2.33. The van der Waals surface area contributed by atoms with Gasteiger partial charge in [0.15, 0.2) is 0 Å². The number of hydrogen-bond donors (Lipinski definition) is 2. The second kappa shape index (κ2) is 12.8. The van der Waals surface area contributed by atoms with E-state index in [4.69, 9.17) is 14.2 Å². The number of rotatable bonds is 12. The van der Waals surface area contributed by atoms with E-state index in [-0.39, 0.29) is 21.4 Å². The molecule has 0 unspecified atom stereocenters. The summed E-state index contributed by atoms with van der Waals surface area (Å²) in [5.41, 5.74) is 0. The van der Waals surface area contributed by atoms with E-state index >= 15 is 0 Å². The van der Waals surface area contributed by atoms with Gasteiger partial charge in [0.2, 0.25) is 5.91 Å². The van der Waals surface area contributed by atoms with Gasteiger partial charge in [0.25, 0.3) is 0 Å². The van der Waals surface area contributed by atoms with Crippen LogP contribution in [0.3, 0.4) is 0 Å². The Kier molecular flexibility index (Phi) is 12.3. The molecule has 2 N–H and O–H groups in total. The van der Waals surface area contributed by atoms with E-state index in [1.807, 2.05) is 20.9 Å². The first kappa shape index (κ1) is 17.3. The molecule has 0 rings (SSSR count). The molecule has 0 aromatic carbocycles. The summed E-state index contributed by atoms with van der Waals surface area (Å²) in [6, 6.07) is 0.145. The van der Waals surface area contributed by atoms with Crippen LogP contribution in [0.1, 0.15) is 16.7 Å². The van der Waals surface area contributed by atoms with E-state index in [1.165, 1.54) is 0 Å². The zero-order valence-corrected chi connectivity index (χ0v) is 11.7.